The molecule has 0 bridgehead atoms. The highest BCUT2D eigenvalue weighted by molar-refractivity contribution is 5.08. The minimum Gasteiger partial charge on any atom is -0.381 e. The van der Waals surface area contributed by atoms with Crippen molar-refractivity contribution in [3.05, 3.63) is 30.1 Å². The van der Waals surface area contributed by atoms with Gasteiger partial charge in [-0.15, -0.1) is 0 Å². The summed E-state index contributed by atoms with van der Waals surface area (Å²) in [5, 5.41) is 0. The topological polar surface area (TPSA) is 37.8 Å². The number of likely N-dealkylation sites (N-methyl/N-ethyl adjacent to an activating group) is 1. The van der Waals surface area contributed by atoms with Crippen molar-refractivity contribution in [2.24, 2.45) is 5.92 Å². The second kappa shape index (κ2) is 8.34. The van der Waals surface area contributed by atoms with Crippen LogP contribution in [0.25, 0.3) is 0 Å². The van der Waals surface area contributed by atoms with Crippen LogP contribution in [0.4, 0.5) is 0 Å². The van der Waals surface area contributed by atoms with Crippen molar-refractivity contribution in [3.8, 4) is 0 Å². The van der Waals surface area contributed by atoms with Crippen LogP contribution in [0.15, 0.2) is 24.5 Å². The second-order valence-electron chi connectivity index (χ2n) is 8.48. The van der Waals surface area contributed by atoms with E-state index in [1.54, 1.807) is 0 Å². The monoisotopic (exact) mass is 359 g/mol. The van der Waals surface area contributed by atoms with Crippen LogP contribution >= 0.6 is 0 Å². The first-order valence-electron chi connectivity index (χ1n) is 10.3. The smallest absolute Gasteiger partial charge is 0.0723 e. The van der Waals surface area contributed by atoms with E-state index in [0.29, 0.717) is 6.04 Å². The van der Waals surface area contributed by atoms with E-state index < -0.39 is 0 Å². The fourth-order valence-corrected chi connectivity index (χ4v) is 4.80. The molecule has 144 valence electrons. The van der Waals surface area contributed by atoms with Gasteiger partial charge in [-0.2, -0.15) is 0 Å². The maximum Gasteiger partial charge on any atom is 0.0723 e. The summed E-state index contributed by atoms with van der Waals surface area (Å²) in [5.41, 5.74) is 1.40. The molecule has 3 aliphatic rings. The van der Waals surface area contributed by atoms with Gasteiger partial charge in [0.05, 0.1) is 12.2 Å². The van der Waals surface area contributed by atoms with E-state index in [0.717, 1.165) is 32.3 Å². The molecule has 4 heterocycles. The first kappa shape index (κ1) is 18.4. The zero-order chi connectivity index (χ0) is 17.8. The summed E-state index contributed by atoms with van der Waals surface area (Å²) in [6, 6.07) is 4.70. The highest BCUT2D eigenvalue weighted by atomic mass is 16.5. The molecule has 0 unspecified atom stereocenters. The number of hydrogen-bond donors (Lipinski definition) is 0. The van der Waals surface area contributed by atoms with Crippen molar-refractivity contribution in [1.82, 2.24) is 14.8 Å². The Kier molecular flexibility index (Phi) is 5.89. The zero-order valence-electron chi connectivity index (χ0n) is 16.1. The van der Waals surface area contributed by atoms with E-state index in [1.165, 1.54) is 57.3 Å². The summed E-state index contributed by atoms with van der Waals surface area (Å²) in [6.07, 6.45) is 9.83. The van der Waals surface area contributed by atoms with Crippen LogP contribution in [-0.2, 0) is 16.0 Å². The standard InChI is InChI=1S/C21H33N3O2/c1-23(15-19-3-2-8-22-14-19)20-13-21(26-17-20)6-9-24(10-7-21)16-18-4-11-25-12-5-18/h2-3,8,14,18,20H,4-7,9-13,15-17H2,1H3/t20-/m0/s1. The molecule has 4 rings (SSSR count). The van der Waals surface area contributed by atoms with E-state index in [-0.39, 0.29) is 5.60 Å². The van der Waals surface area contributed by atoms with Crippen LogP contribution in [0.5, 0.6) is 0 Å². The first-order chi connectivity index (χ1) is 12.7. The van der Waals surface area contributed by atoms with Gasteiger partial charge in [0.25, 0.3) is 0 Å². The number of ether oxygens (including phenoxy) is 2. The molecule has 1 spiro atoms. The predicted molar refractivity (Wildman–Crippen MR) is 102 cm³/mol. The van der Waals surface area contributed by atoms with Crippen molar-refractivity contribution in [2.75, 3.05) is 46.5 Å². The normalized spacial score (nSPS) is 27.4. The van der Waals surface area contributed by atoms with Crippen molar-refractivity contribution in [1.29, 1.82) is 0 Å². The summed E-state index contributed by atoms with van der Waals surface area (Å²) in [6.45, 7) is 7.37. The number of nitrogens with zero attached hydrogens (tertiary/aromatic N) is 3. The first-order valence-corrected chi connectivity index (χ1v) is 10.3. The Morgan fingerprint density at radius 1 is 1.27 bits per heavy atom. The summed E-state index contributed by atoms with van der Waals surface area (Å²) in [4.78, 5) is 9.34. The fraction of sp³-hybridized carbons (Fsp3) is 0.762. The summed E-state index contributed by atoms with van der Waals surface area (Å²) in [7, 11) is 2.22. The van der Waals surface area contributed by atoms with E-state index in [2.05, 4.69) is 27.9 Å². The Hall–Kier alpha value is -1.01. The van der Waals surface area contributed by atoms with Gasteiger partial charge in [0.2, 0.25) is 0 Å². The molecule has 0 saturated carbocycles. The van der Waals surface area contributed by atoms with Gasteiger partial charge in [0, 0.05) is 57.8 Å². The van der Waals surface area contributed by atoms with Gasteiger partial charge in [-0.1, -0.05) is 6.07 Å². The molecule has 0 aliphatic carbocycles. The molecular formula is C21H33N3O2. The molecule has 5 nitrogen and oxygen atoms in total. The fourth-order valence-electron chi connectivity index (χ4n) is 4.80. The number of rotatable bonds is 5. The van der Waals surface area contributed by atoms with Crippen LogP contribution in [-0.4, -0.2) is 72.9 Å². The Morgan fingerprint density at radius 2 is 2.08 bits per heavy atom. The van der Waals surface area contributed by atoms with Gasteiger partial charge in [-0.05, 0) is 56.7 Å². The molecule has 3 aliphatic heterocycles. The third-order valence-electron chi connectivity index (χ3n) is 6.59. The zero-order valence-corrected chi connectivity index (χ0v) is 16.1. The molecule has 0 radical (unpaired) electrons. The van der Waals surface area contributed by atoms with E-state index >= 15 is 0 Å². The van der Waals surface area contributed by atoms with Crippen LogP contribution in [0.2, 0.25) is 0 Å². The Morgan fingerprint density at radius 3 is 2.81 bits per heavy atom. The summed E-state index contributed by atoms with van der Waals surface area (Å²) >= 11 is 0. The SMILES string of the molecule is CN(Cc1cccnc1)[C@@H]1COC2(CCN(CC3CCOCC3)CC2)C1. The minimum atomic E-state index is 0.125. The number of hydrogen-bond acceptors (Lipinski definition) is 5. The van der Waals surface area contributed by atoms with Crippen LogP contribution < -0.4 is 0 Å². The Balaban J connectivity index is 1.24. The average Bonchev–Trinajstić information content (AvgIpc) is 3.10. The molecule has 26 heavy (non-hydrogen) atoms. The van der Waals surface area contributed by atoms with Crippen LogP contribution in [0, 0.1) is 5.92 Å². The van der Waals surface area contributed by atoms with E-state index in [1.807, 2.05) is 18.5 Å². The van der Waals surface area contributed by atoms with E-state index in [9.17, 15) is 0 Å². The van der Waals surface area contributed by atoms with Crippen LogP contribution in [0.1, 0.15) is 37.7 Å². The molecule has 0 N–H and O–H groups in total. The number of pyridine rings is 1. The van der Waals surface area contributed by atoms with Gasteiger partial charge in [-0.3, -0.25) is 9.88 Å². The molecule has 3 fully saturated rings. The Bertz CT molecular complexity index is 554. The van der Waals surface area contributed by atoms with Crippen molar-refractivity contribution >= 4 is 0 Å². The van der Waals surface area contributed by atoms with Crippen LogP contribution in [0.3, 0.4) is 0 Å². The highest BCUT2D eigenvalue weighted by Crippen LogP contribution is 2.38. The van der Waals surface area contributed by atoms with Crippen molar-refractivity contribution in [3.63, 3.8) is 0 Å². The average molecular weight is 360 g/mol. The summed E-state index contributed by atoms with van der Waals surface area (Å²) < 4.78 is 11.9. The molecular weight excluding hydrogens is 326 g/mol. The van der Waals surface area contributed by atoms with Gasteiger partial charge >= 0.3 is 0 Å². The summed E-state index contributed by atoms with van der Waals surface area (Å²) in [5.74, 6) is 0.834. The lowest BCUT2D eigenvalue weighted by molar-refractivity contribution is -0.0490. The molecule has 3 saturated heterocycles. The van der Waals surface area contributed by atoms with Crippen molar-refractivity contribution in [2.45, 2.75) is 50.3 Å². The predicted octanol–water partition coefficient (Wildman–Crippen LogP) is 2.56. The van der Waals surface area contributed by atoms with Gasteiger partial charge in [0.15, 0.2) is 0 Å². The highest BCUT2D eigenvalue weighted by Gasteiger charge is 2.43. The third kappa shape index (κ3) is 4.45. The number of aromatic nitrogens is 1. The van der Waals surface area contributed by atoms with Gasteiger partial charge in [0.1, 0.15) is 0 Å². The third-order valence-corrected chi connectivity index (χ3v) is 6.59. The lowest BCUT2D eigenvalue weighted by Crippen LogP contribution is -2.46. The lowest BCUT2D eigenvalue weighted by Gasteiger charge is -2.40. The largest absolute Gasteiger partial charge is 0.381 e. The molecule has 5 heteroatoms. The maximum absolute atomic E-state index is 6.39. The second-order valence-corrected chi connectivity index (χ2v) is 8.48. The maximum atomic E-state index is 6.39. The van der Waals surface area contributed by atoms with E-state index in [4.69, 9.17) is 9.47 Å². The molecule has 1 aromatic rings. The minimum absolute atomic E-state index is 0.125. The van der Waals surface area contributed by atoms with Gasteiger partial charge < -0.3 is 14.4 Å². The number of piperidine rings is 1. The molecule has 0 amide bonds. The lowest BCUT2D eigenvalue weighted by atomic mass is 9.86. The number of likely N-dealkylation sites (tertiary alicyclic amines) is 1. The molecule has 1 aromatic heterocycles. The molecule has 1 atom stereocenters. The van der Waals surface area contributed by atoms with Gasteiger partial charge in [-0.25, -0.2) is 0 Å². The van der Waals surface area contributed by atoms with Crippen molar-refractivity contribution < 1.29 is 9.47 Å². The quantitative estimate of drug-likeness (QED) is 0.808. The Labute approximate surface area is 157 Å². The molecule has 0 aromatic carbocycles.